The fourth-order valence-electron chi connectivity index (χ4n) is 0.204. The normalized spacial score (nSPS) is 13.4. The van der Waals surface area contributed by atoms with Gasteiger partial charge in [-0.2, -0.15) is 0 Å². The molecular formula is C3H8N3O3P. The van der Waals surface area contributed by atoms with Gasteiger partial charge in [0.05, 0.1) is 7.05 Å². The molecule has 0 fully saturated rings. The maximum Gasteiger partial charge on any atom is 0.451 e. The zero-order valence-electron chi connectivity index (χ0n) is 5.30. The van der Waals surface area contributed by atoms with Gasteiger partial charge < -0.3 is 20.4 Å². The first-order valence-corrected chi connectivity index (χ1v) is 3.79. The fourth-order valence-corrected chi connectivity index (χ4v) is 0.612. The molecule has 0 amide bonds. The number of nitrogens with zero attached hydrogens (tertiary/aromatic N) is 2. The van der Waals surface area contributed by atoms with Gasteiger partial charge in [-0.25, -0.2) is 4.57 Å². The van der Waals surface area contributed by atoms with Gasteiger partial charge in [-0.3, -0.25) is 0 Å². The van der Waals surface area contributed by atoms with Gasteiger partial charge in [0.1, 0.15) is 0 Å². The molecule has 0 saturated carbocycles. The van der Waals surface area contributed by atoms with E-state index in [1.54, 1.807) is 0 Å². The van der Waals surface area contributed by atoms with Crippen molar-refractivity contribution in [3.05, 3.63) is 7.05 Å². The van der Waals surface area contributed by atoms with Crippen molar-refractivity contribution in [3.63, 3.8) is 0 Å². The first-order valence-electron chi connectivity index (χ1n) is 2.22. The lowest BCUT2D eigenvalue weighted by molar-refractivity contribution is 0.374. The molecule has 10 heavy (non-hydrogen) atoms. The van der Waals surface area contributed by atoms with Gasteiger partial charge in [0.2, 0.25) is 5.96 Å². The molecule has 6 nitrogen and oxygen atoms in total. The minimum atomic E-state index is -4.43. The number of guanidine groups is 1. The Labute approximate surface area is 58.6 Å². The Morgan fingerprint density at radius 2 is 2.20 bits per heavy atom. The standard InChI is InChI=1S/C3H8N3O3P/c1-6(2)3(4)5-10(7,8)9/h1H,2H3,(H4,4,5,7,8,9). The zero-order chi connectivity index (χ0) is 8.36. The van der Waals surface area contributed by atoms with Crippen LogP contribution in [0.25, 0.3) is 0 Å². The maximum absolute atomic E-state index is 10.1. The van der Waals surface area contributed by atoms with Crippen LogP contribution < -0.4 is 5.73 Å². The Hall–Kier alpha value is -0.580. The second-order valence-electron chi connectivity index (χ2n) is 1.58. The lowest BCUT2D eigenvalue weighted by Gasteiger charge is -2.09. The van der Waals surface area contributed by atoms with Crippen LogP contribution in [-0.4, -0.2) is 27.7 Å². The van der Waals surface area contributed by atoms with Crippen molar-refractivity contribution in [1.82, 2.24) is 4.90 Å². The minimum absolute atomic E-state index is 0.409. The summed E-state index contributed by atoms with van der Waals surface area (Å²) in [6, 6.07) is 0. The van der Waals surface area contributed by atoms with Crippen LogP contribution in [0, 0.1) is 7.05 Å². The second-order valence-corrected chi connectivity index (χ2v) is 2.81. The summed E-state index contributed by atoms with van der Waals surface area (Å²) >= 11 is 0. The van der Waals surface area contributed by atoms with Crippen LogP contribution in [0.5, 0.6) is 0 Å². The summed E-state index contributed by atoms with van der Waals surface area (Å²) in [6.45, 7) is 0. The Morgan fingerprint density at radius 3 is 2.30 bits per heavy atom. The van der Waals surface area contributed by atoms with Gasteiger partial charge in [0.15, 0.2) is 0 Å². The molecule has 0 aliphatic carbocycles. The molecule has 2 radical (unpaired) electrons. The highest BCUT2D eigenvalue weighted by atomic mass is 31.2. The van der Waals surface area contributed by atoms with Crippen molar-refractivity contribution >= 4 is 13.7 Å². The van der Waals surface area contributed by atoms with E-state index in [9.17, 15) is 4.57 Å². The molecule has 0 saturated heterocycles. The summed E-state index contributed by atoms with van der Waals surface area (Å²) < 4.78 is 12.9. The van der Waals surface area contributed by atoms with E-state index >= 15 is 0 Å². The average Bonchev–Trinajstić information content (AvgIpc) is 1.60. The predicted molar refractivity (Wildman–Crippen MR) is 35.7 cm³/mol. The molecular weight excluding hydrogens is 157 g/mol. The molecule has 4 N–H and O–H groups in total. The van der Waals surface area contributed by atoms with E-state index in [0.29, 0.717) is 0 Å². The smallest absolute Gasteiger partial charge is 0.369 e. The van der Waals surface area contributed by atoms with E-state index in [1.165, 1.54) is 7.05 Å². The first-order chi connectivity index (χ1) is 4.33. The summed E-state index contributed by atoms with van der Waals surface area (Å²) in [6.07, 6.45) is 0. The number of hydrogen-bond acceptors (Lipinski definition) is 1. The zero-order valence-corrected chi connectivity index (χ0v) is 6.19. The third-order valence-electron chi connectivity index (χ3n) is 0.594. The van der Waals surface area contributed by atoms with Crippen LogP contribution in [0.15, 0.2) is 4.76 Å². The summed E-state index contributed by atoms with van der Waals surface area (Å²) in [7, 11) is 1.86. The quantitative estimate of drug-likeness (QED) is 0.200. The molecule has 0 spiro atoms. The van der Waals surface area contributed by atoms with Crippen molar-refractivity contribution in [2.45, 2.75) is 0 Å². The number of nitrogens with two attached hydrogens (primary N) is 1. The molecule has 0 atom stereocenters. The van der Waals surface area contributed by atoms with E-state index in [2.05, 4.69) is 4.76 Å². The van der Waals surface area contributed by atoms with E-state index < -0.39 is 13.7 Å². The van der Waals surface area contributed by atoms with Crippen molar-refractivity contribution in [2.75, 3.05) is 7.05 Å². The van der Waals surface area contributed by atoms with Gasteiger partial charge >= 0.3 is 7.75 Å². The molecule has 58 valence electrons. The van der Waals surface area contributed by atoms with Crippen molar-refractivity contribution in [3.8, 4) is 0 Å². The Balaban J connectivity index is 4.33. The molecule has 0 heterocycles. The van der Waals surface area contributed by atoms with Crippen LogP contribution in [0.1, 0.15) is 0 Å². The van der Waals surface area contributed by atoms with Crippen LogP contribution in [0.4, 0.5) is 0 Å². The fraction of sp³-hybridized carbons (Fsp3) is 0.333. The molecule has 0 bridgehead atoms. The molecule has 0 aromatic heterocycles. The number of hydrogen-bond donors (Lipinski definition) is 3. The van der Waals surface area contributed by atoms with Gasteiger partial charge in [0, 0.05) is 7.05 Å². The van der Waals surface area contributed by atoms with E-state index in [-0.39, 0.29) is 0 Å². The monoisotopic (exact) mass is 165 g/mol. The van der Waals surface area contributed by atoms with Gasteiger partial charge in [0.25, 0.3) is 0 Å². The molecule has 0 aliphatic heterocycles. The van der Waals surface area contributed by atoms with Gasteiger partial charge in [-0.1, -0.05) is 0 Å². The van der Waals surface area contributed by atoms with Crippen molar-refractivity contribution in [2.24, 2.45) is 10.5 Å². The third kappa shape index (κ3) is 4.31. The third-order valence-corrected chi connectivity index (χ3v) is 1.06. The van der Waals surface area contributed by atoms with Crippen LogP contribution in [-0.2, 0) is 4.57 Å². The molecule has 0 aromatic rings. The minimum Gasteiger partial charge on any atom is -0.369 e. The van der Waals surface area contributed by atoms with E-state index in [1.807, 2.05) is 0 Å². The second kappa shape index (κ2) is 3.01. The van der Waals surface area contributed by atoms with Crippen LogP contribution in [0.2, 0.25) is 0 Å². The van der Waals surface area contributed by atoms with E-state index in [0.717, 1.165) is 4.90 Å². The summed E-state index contributed by atoms with van der Waals surface area (Å²) in [5, 5.41) is 0. The maximum atomic E-state index is 10.1. The molecule has 0 aliphatic rings. The first kappa shape index (κ1) is 9.42. The van der Waals surface area contributed by atoms with Gasteiger partial charge in [-0.15, -0.1) is 4.76 Å². The van der Waals surface area contributed by atoms with Crippen molar-refractivity contribution < 1.29 is 14.4 Å². The Bertz CT molecular complexity index is 183. The van der Waals surface area contributed by atoms with Crippen molar-refractivity contribution in [1.29, 1.82) is 0 Å². The van der Waals surface area contributed by atoms with Gasteiger partial charge in [-0.05, 0) is 0 Å². The largest absolute Gasteiger partial charge is 0.451 e. The number of rotatable bonds is 1. The highest BCUT2D eigenvalue weighted by Crippen LogP contribution is 2.35. The lowest BCUT2D eigenvalue weighted by atomic mass is 10.8. The predicted octanol–water partition coefficient (Wildman–Crippen LogP) is -1.01. The summed E-state index contributed by atoms with van der Waals surface area (Å²) in [4.78, 5) is 17.2. The SMILES string of the molecule is [CH]N(C)/C(N)=N/P(=O)(O)O. The lowest BCUT2D eigenvalue weighted by Crippen LogP contribution is -2.28. The summed E-state index contributed by atoms with van der Waals surface area (Å²) in [5.74, 6) is -0.409. The van der Waals surface area contributed by atoms with Crippen LogP contribution >= 0.6 is 7.75 Å². The highest BCUT2D eigenvalue weighted by Gasteiger charge is 2.11. The molecule has 0 rings (SSSR count). The molecule has 0 aromatic carbocycles. The molecule has 0 unspecified atom stereocenters. The van der Waals surface area contributed by atoms with E-state index in [4.69, 9.17) is 22.6 Å². The average molecular weight is 165 g/mol. The Kier molecular flexibility index (Phi) is 2.83. The topological polar surface area (TPSA) is 99.2 Å². The summed E-state index contributed by atoms with van der Waals surface area (Å²) in [5.41, 5.74) is 4.96. The van der Waals surface area contributed by atoms with Crippen LogP contribution in [0.3, 0.4) is 0 Å². The molecule has 7 heteroatoms. The highest BCUT2D eigenvalue weighted by molar-refractivity contribution is 7.50. The Morgan fingerprint density at radius 1 is 1.80 bits per heavy atom.